The molecule has 0 unspecified atom stereocenters. The van der Waals surface area contributed by atoms with E-state index < -0.39 is 0 Å². The molecule has 2 amide bonds. The molecule has 6 heteroatoms. The molecule has 2 aromatic rings. The summed E-state index contributed by atoms with van der Waals surface area (Å²) in [6, 6.07) is 14.2. The van der Waals surface area contributed by atoms with Gasteiger partial charge < -0.3 is 15.0 Å². The zero-order valence-corrected chi connectivity index (χ0v) is 16.5. The minimum absolute atomic E-state index is 0.0171. The van der Waals surface area contributed by atoms with E-state index in [1.807, 2.05) is 12.1 Å². The molecule has 1 N–H and O–H groups in total. The number of benzene rings is 2. The monoisotopic (exact) mass is 382 g/mol. The minimum atomic E-state index is -0.132. The number of ether oxygens (including phenoxy) is 1. The fourth-order valence-electron chi connectivity index (χ4n) is 2.66. The van der Waals surface area contributed by atoms with Crippen molar-refractivity contribution in [3.8, 4) is 5.75 Å². The van der Waals surface area contributed by atoms with Gasteiger partial charge in [0.25, 0.3) is 5.91 Å². The van der Waals surface area contributed by atoms with Crippen molar-refractivity contribution in [2.24, 2.45) is 0 Å². The molecule has 2 rings (SSSR count). The van der Waals surface area contributed by atoms with Crippen molar-refractivity contribution in [2.45, 2.75) is 26.3 Å². The van der Waals surface area contributed by atoms with Gasteiger partial charge in [-0.3, -0.25) is 14.4 Å². The molecule has 28 heavy (non-hydrogen) atoms. The highest BCUT2D eigenvalue weighted by atomic mass is 16.5. The van der Waals surface area contributed by atoms with E-state index in [2.05, 4.69) is 5.32 Å². The maximum Gasteiger partial charge on any atom is 0.251 e. The molecule has 0 fully saturated rings. The first kappa shape index (κ1) is 21.2. The second-order valence-electron chi connectivity index (χ2n) is 6.56. The van der Waals surface area contributed by atoms with Crippen LogP contribution in [0, 0.1) is 0 Å². The lowest BCUT2D eigenvalue weighted by Crippen LogP contribution is -2.26. The summed E-state index contributed by atoms with van der Waals surface area (Å²) in [6.45, 7) is 2.44. The number of rotatable bonds is 9. The Morgan fingerprint density at radius 1 is 0.964 bits per heavy atom. The molecule has 2 aromatic carbocycles. The highest BCUT2D eigenvalue weighted by molar-refractivity contribution is 5.94. The number of hydrogen-bond donors (Lipinski definition) is 1. The molecule has 0 aliphatic rings. The second kappa shape index (κ2) is 10.3. The van der Waals surface area contributed by atoms with Crippen LogP contribution in [0.4, 0.5) is 0 Å². The largest absolute Gasteiger partial charge is 0.494 e. The Bertz CT molecular complexity index is 813. The summed E-state index contributed by atoms with van der Waals surface area (Å²) in [4.78, 5) is 36.7. The van der Waals surface area contributed by atoms with Crippen LogP contribution in [0.5, 0.6) is 5.75 Å². The van der Waals surface area contributed by atoms with Gasteiger partial charge in [0.2, 0.25) is 5.91 Å². The maximum absolute atomic E-state index is 12.3. The molecular formula is C22H26N2O4. The summed E-state index contributed by atoms with van der Waals surface area (Å²) in [5, 5.41) is 2.58. The van der Waals surface area contributed by atoms with Gasteiger partial charge >= 0.3 is 0 Å². The van der Waals surface area contributed by atoms with Crippen LogP contribution >= 0.6 is 0 Å². The van der Waals surface area contributed by atoms with Gasteiger partial charge in [-0.1, -0.05) is 12.1 Å². The van der Waals surface area contributed by atoms with Crippen molar-refractivity contribution in [1.82, 2.24) is 10.2 Å². The molecule has 0 saturated heterocycles. The summed E-state index contributed by atoms with van der Waals surface area (Å²) in [5.41, 5.74) is 2.20. The SMILES string of the molecule is CNC(=O)c1ccc(CN(C)C(=O)CCCOc2ccc(C(C)=O)cc2)cc1. The van der Waals surface area contributed by atoms with Gasteiger partial charge in [0.1, 0.15) is 5.75 Å². The third-order valence-corrected chi connectivity index (χ3v) is 4.35. The molecule has 0 saturated carbocycles. The van der Waals surface area contributed by atoms with Crippen LogP contribution in [0.25, 0.3) is 0 Å². The van der Waals surface area contributed by atoms with Gasteiger partial charge in [0, 0.05) is 38.2 Å². The standard InChI is InChI=1S/C22H26N2O4/c1-16(25)18-10-12-20(13-11-18)28-14-4-5-21(26)24(3)15-17-6-8-19(9-7-17)22(27)23-2/h6-13H,4-5,14-15H2,1-3H3,(H,23,27). The summed E-state index contributed by atoms with van der Waals surface area (Å²) in [5.74, 6) is 0.600. The third kappa shape index (κ3) is 6.23. The first-order valence-electron chi connectivity index (χ1n) is 9.19. The molecule has 0 bridgehead atoms. The number of Topliss-reactive ketones (excluding diaryl/α,β-unsaturated/α-hetero) is 1. The van der Waals surface area contributed by atoms with Gasteiger partial charge in [-0.15, -0.1) is 0 Å². The van der Waals surface area contributed by atoms with Gasteiger partial charge in [-0.2, -0.15) is 0 Å². The van der Waals surface area contributed by atoms with Gasteiger partial charge in [0.05, 0.1) is 6.61 Å². The van der Waals surface area contributed by atoms with Crippen molar-refractivity contribution in [2.75, 3.05) is 20.7 Å². The van der Waals surface area contributed by atoms with Gasteiger partial charge in [-0.25, -0.2) is 0 Å². The highest BCUT2D eigenvalue weighted by Crippen LogP contribution is 2.13. The van der Waals surface area contributed by atoms with E-state index in [9.17, 15) is 14.4 Å². The Kier molecular flexibility index (Phi) is 7.75. The number of nitrogens with one attached hydrogen (secondary N) is 1. The first-order chi connectivity index (χ1) is 13.4. The van der Waals surface area contributed by atoms with Crippen LogP contribution in [0.2, 0.25) is 0 Å². The third-order valence-electron chi connectivity index (χ3n) is 4.35. The molecule has 0 aliphatic carbocycles. The Balaban J connectivity index is 1.73. The number of carbonyl (C=O) groups is 3. The molecule has 0 heterocycles. The Morgan fingerprint density at radius 2 is 1.57 bits per heavy atom. The van der Waals surface area contributed by atoms with E-state index in [0.29, 0.717) is 42.9 Å². The quantitative estimate of drug-likeness (QED) is 0.534. The van der Waals surface area contributed by atoms with Crippen LogP contribution in [-0.2, 0) is 11.3 Å². The maximum atomic E-state index is 12.3. The Morgan fingerprint density at radius 3 is 2.14 bits per heavy atom. The molecule has 148 valence electrons. The van der Waals surface area contributed by atoms with Crippen molar-refractivity contribution < 1.29 is 19.1 Å². The van der Waals surface area contributed by atoms with Gasteiger partial charge in [0.15, 0.2) is 5.78 Å². The summed E-state index contributed by atoms with van der Waals surface area (Å²) >= 11 is 0. The fraction of sp³-hybridized carbons (Fsp3) is 0.318. The number of amides is 2. The van der Waals surface area contributed by atoms with E-state index in [1.54, 1.807) is 55.4 Å². The lowest BCUT2D eigenvalue weighted by atomic mass is 10.1. The zero-order chi connectivity index (χ0) is 20.5. The average Bonchev–Trinajstić information content (AvgIpc) is 2.71. The van der Waals surface area contributed by atoms with Crippen LogP contribution in [0.15, 0.2) is 48.5 Å². The predicted octanol–water partition coefficient (Wildman–Crippen LogP) is 3.07. The Hall–Kier alpha value is -3.15. The van der Waals surface area contributed by atoms with Crippen LogP contribution in [0.1, 0.15) is 46.0 Å². The van der Waals surface area contributed by atoms with Crippen molar-refractivity contribution in [3.05, 3.63) is 65.2 Å². The zero-order valence-electron chi connectivity index (χ0n) is 16.5. The van der Waals surface area contributed by atoms with E-state index >= 15 is 0 Å². The molecule has 6 nitrogen and oxygen atoms in total. The minimum Gasteiger partial charge on any atom is -0.494 e. The van der Waals surface area contributed by atoms with Crippen molar-refractivity contribution in [3.63, 3.8) is 0 Å². The molecular weight excluding hydrogens is 356 g/mol. The fourth-order valence-corrected chi connectivity index (χ4v) is 2.66. The van der Waals surface area contributed by atoms with Gasteiger partial charge in [-0.05, 0) is 55.3 Å². The van der Waals surface area contributed by atoms with Crippen molar-refractivity contribution in [1.29, 1.82) is 0 Å². The van der Waals surface area contributed by atoms with Crippen LogP contribution in [-0.4, -0.2) is 43.2 Å². The molecule has 0 radical (unpaired) electrons. The van der Waals surface area contributed by atoms with E-state index in [4.69, 9.17) is 4.74 Å². The second-order valence-corrected chi connectivity index (χ2v) is 6.56. The number of carbonyl (C=O) groups excluding carboxylic acids is 3. The Labute approximate surface area is 165 Å². The summed E-state index contributed by atoms with van der Waals surface area (Å²) in [7, 11) is 3.35. The molecule has 0 aromatic heterocycles. The van der Waals surface area contributed by atoms with Crippen molar-refractivity contribution >= 4 is 17.6 Å². The van der Waals surface area contributed by atoms with E-state index in [1.165, 1.54) is 6.92 Å². The van der Waals surface area contributed by atoms with E-state index in [0.717, 1.165) is 5.56 Å². The topological polar surface area (TPSA) is 75.7 Å². The predicted molar refractivity (Wildman–Crippen MR) is 107 cm³/mol. The van der Waals surface area contributed by atoms with Crippen LogP contribution < -0.4 is 10.1 Å². The first-order valence-corrected chi connectivity index (χ1v) is 9.19. The van der Waals surface area contributed by atoms with E-state index in [-0.39, 0.29) is 17.6 Å². The molecule has 0 atom stereocenters. The highest BCUT2D eigenvalue weighted by Gasteiger charge is 2.10. The summed E-state index contributed by atoms with van der Waals surface area (Å²) < 4.78 is 5.62. The lowest BCUT2D eigenvalue weighted by molar-refractivity contribution is -0.130. The number of nitrogens with zero attached hydrogens (tertiary/aromatic N) is 1. The lowest BCUT2D eigenvalue weighted by Gasteiger charge is -2.17. The normalized spacial score (nSPS) is 10.2. The average molecular weight is 382 g/mol. The number of ketones is 1. The smallest absolute Gasteiger partial charge is 0.251 e. The van der Waals surface area contributed by atoms with Crippen LogP contribution in [0.3, 0.4) is 0 Å². The summed E-state index contributed by atoms with van der Waals surface area (Å²) in [6.07, 6.45) is 0.992. The molecule has 0 aliphatic heterocycles. The molecule has 0 spiro atoms. The number of hydrogen-bond acceptors (Lipinski definition) is 4.